The van der Waals surface area contributed by atoms with E-state index in [2.05, 4.69) is 15.6 Å². The van der Waals surface area contributed by atoms with Gasteiger partial charge in [0.15, 0.2) is 0 Å². The van der Waals surface area contributed by atoms with Gasteiger partial charge in [-0.15, -0.1) is 0 Å². The SMILES string of the molecule is Cn1cncc1CCNC(=O)c1ccc2c(c1)N[C@H](CC(=O)O)C(=O)N(CCc1ccccc1)C2. The molecule has 3 N–H and O–H groups in total. The Labute approximate surface area is 203 Å². The number of carbonyl (C=O) groups is 3. The summed E-state index contributed by atoms with van der Waals surface area (Å²) in [6.45, 7) is 1.26. The smallest absolute Gasteiger partial charge is 0.305 e. The average molecular weight is 476 g/mol. The Balaban J connectivity index is 1.48. The molecule has 35 heavy (non-hydrogen) atoms. The summed E-state index contributed by atoms with van der Waals surface area (Å²) < 4.78 is 1.90. The van der Waals surface area contributed by atoms with Crippen molar-refractivity contribution in [3.8, 4) is 0 Å². The minimum atomic E-state index is -1.06. The van der Waals surface area contributed by atoms with E-state index in [1.54, 1.807) is 29.6 Å². The van der Waals surface area contributed by atoms with Crippen LogP contribution in [-0.4, -0.2) is 56.5 Å². The van der Waals surface area contributed by atoms with Gasteiger partial charge in [-0.2, -0.15) is 0 Å². The molecule has 0 saturated heterocycles. The lowest BCUT2D eigenvalue weighted by Gasteiger charge is -2.24. The molecule has 0 aliphatic carbocycles. The number of anilines is 1. The Hall–Kier alpha value is -4.14. The van der Waals surface area contributed by atoms with E-state index < -0.39 is 12.0 Å². The Morgan fingerprint density at radius 2 is 1.97 bits per heavy atom. The lowest BCUT2D eigenvalue weighted by atomic mass is 10.1. The molecule has 9 nitrogen and oxygen atoms in total. The minimum Gasteiger partial charge on any atom is -0.481 e. The Morgan fingerprint density at radius 3 is 2.69 bits per heavy atom. The molecule has 1 atom stereocenters. The van der Waals surface area contributed by atoms with E-state index in [-0.39, 0.29) is 18.2 Å². The van der Waals surface area contributed by atoms with E-state index in [9.17, 15) is 19.5 Å². The highest BCUT2D eigenvalue weighted by Crippen LogP contribution is 2.26. The van der Waals surface area contributed by atoms with Crippen LogP contribution in [-0.2, 0) is 36.0 Å². The fourth-order valence-electron chi connectivity index (χ4n) is 4.19. The summed E-state index contributed by atoms with van der Waals surface area (Å²) in [4.78, 5) is 43.1. The van der Waals surface area contributed by atoms with Gasteiger partial charge in [0.05, 0.1) is 12.7 Å². The summed E-state index contributed by atoms with van der Waals surface area (Å²) in [5.74, 6) is -1.56. The molecule has 2 aromatic carbocycles. The van der Waals surface area contributed by atoms with Gasteiger partial charge in [-0.1, -0.05) is 36.4 Å². The van der Waals surface area contributed by atoms with Gasteiger partial charge in [0, 0.05) is 56.2 Å². The molecule has 1 aliphatic heterocycles. The van der Waals surface area contributed by atoms with Crippen molar-refractivity contribution in [2.24, 2.45) is 7.05 Å². The number of imidazole rings is 1. The van der Waals surface area contributed by atoms with Crippen molar-refractivity contribution >= 4 is 23.5 Å². The summed E-state index contributed by atoms with van der Waals surface area (Å²) in [6, 6.07) is 14.2. The van der Waals surface area contributed by atoms with Crippen LogP contribution in [0.5, 0.6) is 0 Å². The topological polar surface area (TPSA) is 117 Å². The van der Waals surface area contributed by atoms with Gasteiger partial charge in [-0.3, -0.25) is 14.4 Å². The second-order valence-corrected chi connectivity index (χ2v) is 8.66. The predicted octanol–water partition coefficient (Wildman–Crippen LogP) is 2.23. The lowest BCUT2D eigenvalue weighted by molar-refractivity contribution is -0.141. The van der Waals surface area contributed by atoms with E-state index >= 15 is 0 Å². The van der Waals surface area contributed by atoms with Gasteiger partial charge in [-0.25, -0.2) is 4.98 Å². The molecule has 2 heterocycles. The van der Waals surface area contributed by atoms with Crippen molar-refractivity contribution in [2.45, 2.75) is 31.8 Å². The number of hydrogen-bond acceptors (Lipinski definition) is 5. The first-order chi connectivity index (χ1) is 16.9. The number of rotatable bonds is 9. The number of aryl methyl sites for hydroxylation is 1. The van der Waals surface area contributed by atoms with Gasteiger partial charge >= 0.3 is 5.97 Å². The maximum atomic E-state index is 13.2. The molecule has 0 spiro atoms. The zero-order chi connectivity index (χ0) is 24.8. The third-order valence-corrected chi connectivity index (χ3v) is 6.15. The Bertz CT molecular complexity index is 1210. The zero-order valence-corrected chi connectivity index (χ0v) is 19.6. The maximum absolute atomic E-state index is 13.2. The number of fused-ring (bicyclic) bond motifs is 1. The molecule has 0 bridgehead atoms. The molecule has 0 fully saturated rings. The molecule has 1 aromatic heterocycles. The second-order valence-electron chi connectivity index (χ2n) is 8.66. The van der Waals surface area contributed by atoms with Gasteiger partial charge in [0.2, 0.25) is 5.91 Å². The molecule has 0 radical (unpaired) electrons. The summed E-state index contributed by atoms with van der Waals surface area (Å²) >= 11 is 0. The third kappa shape index (κ3) is 6.06. The molecule has 4 rings (SSSR count). The van der Waals surface area contributed by atoms with E-state index in [4.69, 9.17) is 0 Å². The van der Waals surface area contributed by atoms with Crippen LogP contribution in [0.3, 0.4) is 0 Å². The lowest BCUT2D eigenvalue weighted by Crippen LogP contribution is -2.42. The summed E-state index contributed by atoms with van der Waals surface area (Å²) in [6.07, 6.45) is 4.45. The zero-order valence-electron chi connectivity index (χ0n) is 19.6. The number of benzene rings is 2. The number of nitrogens with one attached hydrogen (secondary N) is 2. The average Bonchev–Trinajstić information content (AvgIpc) is 3.20. The van der Waals surface area contributed by atoms with Crippen LogP contribution < -0.4 is 10.6 Å². The number of carboxylic acid groups (broad SMARTS) is 1. The molecule has 1 aliphatic rings. The number of aliphatic carboxylic acids is 1. The molecular weight excluding hydrogens is 446 g/mol. The van der Waals surface area contributed by atoms with E-state index in [0.717, 1.165) is 16.8 Å². The Morgan fingerprint density at radius 1 is 1.17 bits per heavy atom. The highest BCUT2D eigenvalue weighted by molar-refractivity contribution is 5.96. The van der Waals surface area contributed by atoms with Crippen LogP contribution >= 0.6 is 0 Å². The minimum absolute atomic E-state index is 0.233. The highest BCUT2D eigenvalue weighted by atomic mass is 16.4. The fraction of sp³-hybridized carbons (Fsp3) is 0.308. The van der Waals surface area contributed by atoms with Crippen LogP contribution in [0.4, 0.5) is 5.69 Å². The molecule has 0 unspecified atom stereocenters. The largest absolute Gasteiger partial charge is 0.481 e. The quantitative estimate of drug-likeness (QED) is 0.437. The molecule has 2 amide bonds. The number of aromatic nitrogens is 2. The van der Waals surface area contributed by atoms with Crippen molar-refractivity contribution < 1.29 is 19.5 Å². The van der Waals surface area contributed by atoms with E-state index in [1.165, 1.54) is 0 Å². The Kier molecular flexibility index (Phi) is 7.45. The maximum Gasteiger partial charge on any atom is 0.305 e. The normalized spacial score (nSPS) is 15.2. The molecule has 0 saturated carbocycles. The number of amides is 2. The van der Waals surface area contributed by atoms with Gasteiger partial charge in [-0.05, 0) is 29.7 Å². The summed E-state index contributed by atoms with van der Waals surface area (Å²) in [5.41, 5.74) is 4.00. The van der Waals surface area contributed by atoms with Crippen LogP contribution in [0, 0.1) is 0 Å². The van der Waals surface area contributed by atoms with Crippen LogP contribution in [0.25, 0.3) is 0 Å². The number of carboxylic acids is 1. The number of nitrogens with zero attached hydrogens (tertiary/aromatic N) is 3. The first-order valence-corrected chi connectivity index (χ1v) is 11.6. The number of carbonyl (C=O) groups excluding carboxylic acids is 2. The van der Waals surface area contributed by atoms with Crippen molar-refractivity contribution in [2.75, 3.05) is 18.4 Å². The summed E-state index contributed by atoms with van der Waals surface area (Å²) in [7, 11) is 1.90. The summed E-state index contributed by atoms with van der Waals surface area (Å²) in [5, 5.41) is 15.4. The van der Waals surface area contributed by atoms with E-state index in [0.29, 0.717) is 43.7 Å². The molecule has 182 valence electrons. The van der Waals surface area contributed by atoms with Gasteiger partial charge in [0.1, 0.15) is 6.04 Å². The second kappa shape index (κ2) is 10.9. The standard InChI is InChI=1S/C26H29N5O4/c1-30-17-27-15-21(30)9-11-28-25(34)19-7-8-20-16-31(12-10-18-5-3-2-4-6-18)26(35)23(14-24(32)33)29-22(20)13-19/h2-8,13,15,17,23,29H,9-12,14,16H2,1H3,(H,28,34)(H,32,33)/t23-/m1/s1. The van der Waals surface area contributed by atoms with E-state index in [1.807, 2.05) is 48.0 Å². The third-order valence-electron chi connectivity index (χ3n) is 6.15. The molecular formula is C26H29N5O4. The van der Waals surface area contributed by atoms with Crippen molar-refractivity contribution in [3.63, 3.8) is 0 Å². The fourth-order valence-corrected chi connectivity index (χ4v) is 4.19. The van der Waals surface area contributed by atoms with Crippen molar-refractivity contribution in [1.82, 2.24) is 19.8 Å². The van der Waals surface area contributed by atoms with Gasteiger partial charge in [0.25, 0.3) is 5.91 Å². The molecule has 3 aromatic rings. The van der Waals surface area contributed by atoms with Crippen molar-refractivity contribution in [3.05, 3.63) is 83.4 Å². The first-order valence-electron chi connectivity index (χ1n) is 11.6. The van der Waals surface area contributed by atoms with Crippen LogP contribution in [0.1, 0.15) is 33.6 Å². The first kappa shape index (κ1) is 24.0. The monoisotopic (exact) mass is 475 g/mol. The van der Waals surface area contributed by atoms with Crippen molar-refractivity contribution in [1.29, 1.82) is 0 Å². The predicted molar refractivity (Wildman–Crippen MR) is 131 cm³/mol. The van der Waals surface area contributed by atoms with Crippen LogP contribution in [0.15, 0.2) is 61.1 Å². The van der Waals surface area contributed by atoms with Crippen LogP contribution in [0.2, 0.25) is 0 Å². The number of hydrogen-bond donors (Lipinski definition) is 3. The van der Waals surface area contributed by atoms with Gasteiger partial charge < -0.3 is 25.2 Å². The highest BCUT2D eigenvalue weighted by Gasteiger charge is 2.31. The molecule has 9 heteroatoms.